The molecule has 0 bridgehead atoms. The van der Waals surface area contributed by atoms with Gasteiger partial charge in [0.1, 0.15) is 6.04 Å². The summed E-state index contributed by atoms with van der Waals surface area (Å²) in [6.07, 6.45) is 4.08. The Hall–Kier alpha value is -2.30. The minimum atomic E-state index is -0.965. The van der Waals surface area contributed by atoms with Crippen LogP contribution in [0.4, 0.5) is 0 Å². The first kappa shape index (κ1) is 25.0. The lowest BCUT2D eigenvalue weighted by Gasteiger charge is -2.46. The average molecular weight is 462 g/mol. The van der Waals surface area contributed by atoms with Crippen LogP contribution in [0.25, 0.3) is 0 Å². The largest absolute Gasteiger partial charge is 0.480 e. The predicted molar refractivity (Wildman–Crippen MR) is 126 cm³/mol. The monoisotopic (exact) mass is 461 g/mol. The first-order chi connectivity index (χ1) is 14.7. The number of allylic oxidation sites excluding steroid dienone is 1. The Balaban J connectivity index is 0.000000412. The molecule has 1 aliphatic rings. The van der Waals surface area contributed by atoms with E-state index in [4.69, 9.17) is 23.2 Å². The fraction of sp³-hybridized carbons (Fsp3) is 0.360. The van der Waals surface area contributed by atoms with Crippen LogP contribution in [-0.2, 0) is 9.59 Å². The first-order valence-corrected chi connectivity index (χ1v) is 11.1. The van der Waals surface area contributed by atoms with Crippen LogP contribution in [0.5, 0.6) is 0 Å². The van der Waals surface area contributed by atoms with E-state index in [9.17, 15) is 14.7 Å². The van der Waals surface area contributed by atoms with Gasteiger partial charge in [-0.05, 0) is 55.5 Å². The number of nitrogens with zero attached hydrogens (tertiary/aromatic N) is 1. The maximum atomic E-state index is 13.2. The molecule has 0 aliphatic carbocycles. The van der Waals surface area contributed by atoms with Crippen molar-refractivity contribution in [2.45, 2.75) is 51.6 Å². The van der Waals surface area contributed by atoms with Gasteiger partial charge in [-0.1, -0.05) is 73.5 Å². The number of hydrogen-bond acceptors (Lipinski definition) is 2. The third-order valence-electron chi connectivity index (χ3n) is 5.65. The SMILES string of the molecule is C=CC[C@@]1(C)CCC(c2ccc(Cl)cc2)N(C(CC)C(=O)O)C1=O.Clc1ccccc1. The Kier molecular flexibility index (Phi) is 9.15. The summed E-state index contributed by atoms with van der Waals surface area (Å²) >= 11 is 11.5. The van der Waals surface area contributed by atoms with Gasteiger partial charge < -0.3 is 10.0 Å². The van der Waals surface area contributed by atoms with Crippen LogP contribution in [0.2, 0.25) is 10.0 Å². The van der Waals surface area contributed by atoms with Crippen molar-refractivity contribution >= 4 is 35.1 Å². The van der Waals surface area contributed by atoms with Gasteiger partial charge in [-0.15, -0.1) is 6.58 Å². The van der Waals surface area contributed by atoms with Crippen molar-refractivity contribution < 1.29 is 14.7 Å². The van der Waals surface area contributed by atoms with Gasteiger partial charge in [-0.3, -0.25) is 4.79 Å². The summed E-state index contributed by atoms with van der Waals surface area (Å²) in [6.45, 7) is 7.44. The lowest BCUT2D eigenvalue weighted by Crippen LogP contribution is -2.55. The lowest BCUT2D eigenvalue weighted by atomic mass is 9.74. The topological polar surface area (TPSA) is 57.6 Å². The van der Waals surface area contributed by atoms with Gasteiger partial charge >= 0.3 is 5.97 Å². The highest BCUT2D eigenvalue weighted by molar-refractivity contribution is 6.30. The molecule has 166 valence electrons. The Morgan fingerprint density at radius 3 is 2.23 bits per heavy atom. The van der Waals surface area contributed by atoms with Crippen molar-refractivity contribution in [2.75, 3.05) is 0 Å². The highest BCUT2D eigenvalue weighted by atomic mass is 35.5. The molecule has 2 aromatic carbocycles. The molecule has 1 fully saturated rings. The molecule has 1 N–H and O–H groups in total. The Labute approximate surface area is 194 Å². The fourth-order valence-corrected chi connectivity index (χ4v) is 4.21. The molecule has 0 aromatic heterocycles. The van der Waals surface area contributed by atoms with Crippen molar-refractivity contribution in [3.05, 3.63) is 82.9 Å². The zero-order valence-corrected chi connectivity index (χ0v) is 19.4. The zero-order valence-electron chi connectivity index (χ0n) is 17.9. The predicted octanol–water partition coefficient (Wildman–Crippen LogP) is 6.79. The van der Waals surface area contributed by atoms with Gasteiger partial charge in [0.2, 0.25) is 5.91 Å². The molecule has 3 atom stereocenters. The average Bonchev–Trinajstić information content (AvgIpc) is 2.74. The van der Waals surface area contributed by atoms with E-state index in [1.165, 1.54) is 0 Å². The molecular weight excluding hydrogens is 433 g/mol. The standard InChI is InChI=1S/C19H24ClNO3.C6H5Cl/c1-4-11-19(3)12-10-16(13-6-8-14(20)9-7-13)21(18(19)24)15(5-2)17(22)23;7-6-4-2-1-3-5-6/h4,6-9,15-16H,1,5,10-12H2,2-3H3,(H,22,23);1-5H/t15?,16?,19-;/m0./s1. The van der Waals surface area contributed by atoms with Crippen LogP contribution in [0.3, 0.4) is 0 Å². The summed E-state index contributed by atoms with van der Waals surface area (Å²) in [7, 11) is 0. The van der Waals surface area contributed by atoms with Crippen LogP contribution >= 0.6 is 23.2 Å². The van der Waals surface area contributed by atoms with Crippen molar-refractivity contribution in [1.29, 1.82) is 0 Å². The van der Waals surface area contributed by atoms with E-state index in [1.54, 1.807) is 30.0 Å². The number of hydrogen-bond donors (Lipinski definition) is 1. The van der Waals surface area contributed by atoms with Gasteiger partial charge in [-0.25, -0.2) is 4.79 Å². The highest BCUT2D eigenvalue weighted by Gasteiger charge is 2.47. The Bertz CT molecular complexity index is 885. The molecule has 0 radical (unpaired) electrons. The van der Waals surface area contributed by atoms with Gasteiger partial charge in [-0.2, -0.15) is 0 Å². The molecule has 6 heteroatoms. The molecule has 3 rings (SSSR count). The van der Waals surface area contributed by atoms with Crippen LogP contribution < -0.4 is 0 Å². The van der Waals surface area contributed by atoms with Gasteiger partial charge in [0.05, 0.1) is 11.5 Å². The third kappa shape index (κ3) is 6.34. The zero-order chi connectivity index (χ0) is 23.0. The van der Waals surface area contributed by atoms with E-state index in [1.807, 2.05) is 49.4 Å². The van der Waals surface area contributed by atoms with E-state index >= 15 is 0 Å². The van der Waals surface area contributed by atoms with Crippen LogP contribution in [0, 0.1) is 5.41 Å². The number of carbonyl (C=O) groups is 2. The molecule has 1 aliphatic heterocycles. The lowest BCUT2D eigenvalue weighted by molar-refractivity contribution is -0.162. The summed E-state index contributed by atoms with van der Waals surface area (Å²) in [5, 5.41) is 11.0. The molecule has 1 saturated heterocycles. The van der Waals surface area contributed by atoms with E-state index in [0.29, 0.717) is 24.3 Å². The number of halogens is 2. The van der Waals surface area contributed by atoms with Crippen molar-refractivity contribution in [3.8, 4) is 0 Å². The summed E-state index contributed by atoms with van der Waals surface area (Å²) in [5.41, 5.74) is 0.334. The number of aliphatic carboxylic acids is 1. The second-order valence-corrected chi connectivity index (χ2v) is 8.80. The van der Waals surface area contributed by atoms with E-state index in [-0.39, 0.29) is 11.9 Å². The van der Waals surface area contributed by atoms with E-state index < -0.39 is 17.4 Å². The van der Waals surface area contributed by atoms with Gasteiger partial charge in [0.25, 0.3) is 0 Å². The molecule has 31 heavy (non-hydrogen) atoms. The normalized spacial score (nSPS) is 21.6. The summed E-state index contributed by atoms with van der Waals surface area (Å²) < 4.78 is 0. The second kappa shape index (κ2) is 11.4. The Morgan fingerprint density at radius 1 is 1.19 bits per heavy atom. The molecule has 0 saturated carbocycles. The minimum absolute atomic E-state index is 0.108. The maximum absolute atomic E-state index is 13.2. The summed E-state index contributed by atoms with van der Waals surface area (Å²) in [5.74, 6) is -1.07. The van der Waals surface area contributed by atoms with Crippen LogP contribution in [0.15, 0.2) is 67.3 Å². The smallest absolute Gasteiger partial charge is 0.326 e. The fourth-order valence-electron chi connectivity index (χ4n) is 3.94. The van der Waals surface area contributed by atoms with Gasteiger partial charge in [0, 0.05) is 10.0 Å². The minimum Gasteiger partial charge on any atom is -0.480 e. The number of likely N-dealkylation sites (tertiary alicyclic amines) is 1. The molecule has 4 nitrogen and oxygen atoms in total. The van der Waals surface area contributed by atoms with Crippen molar-refractivity contribution in [2.24, 2.45) is 5.41 Å². The van der Waals surface area contributed by atoms with Crippen molar-refractivity contribution in [1.82, 2.24) is 4.90 Å². The Morgan fingerprint density at radius 2 is 1.77 bits per heavy atom. The van der Waals surface area contributed by atoms with Crippen LogP contribution in [-0.4, -0.2) is 27.9 Å². The highest BCUT2D eigenvalue weighted by Crippen LogP contribution is 2.44. The number of rotatable bonds is 6. The van der Waals surface area contributed by atoms with Crippen molar-refractivity contribution in [3.63, 3.8) is 0 Å². The third-order valence-corrected chi connectivity index (χ3v) is 6.15. The first-order valence-electron chi connectivity index (χ1n) is 10.4. The number of amides is 1. The molecular formula is C25H29Cl2NO3. The van der Waals surface area contributed by atoms with E-state index in [2.05, 4.69) is 6.58 Å². The number of carboxylic acids is 1. The summed E-state index contributed by atoms with van der Waals surface area (Å²) in [6, 6.07) is 15.7. The summed E-state index contributed by atoms with van der Waals surface area (Å²) in [4.78, 5) is 26.5. The van der Waals surface area contributed by atoms with Crippen LogP contribution in [0.1, 0.15) is 51.1 Å². The number of carbonyl (C=O) groups excluding carboxylic acids is 1. The molecule has 2 aromatic rings. The number of carboxylic acid groups (broad SMARTS) is 1. The van der Waals surface area contributed by atoms with E-state index in [0.717, 1.165) is 17.0 Å². The quantitative estimate of drug-likeness (QED) is 0.481. The molecule has 1 amide bonds. The van der Waals surface area contributed by atoms with Gasteiger partial charge in [0.15, 0.2) is 0 Å². The molecule has 0 spiro atoms. The molecule has 1 heterocycles. The number of benzene rings is 2. The number of piperidine rings is 1. The molecule has 2 unspecified atom stereocenters. The maximum Gasteiger partial charge on any atom is 0.326 e. The second-order valence-electron chi connectivity index (χ2n) is 7.93.